The molecule has 0 aromatic heterocycles. The highest BCUT2D eigenvalue weighted by Gasteiger charge is 2.14. The van der Waals surface area contributed by atoms with Crippen molar-refractivity contribution in [3.8, 4) is 0 Å². The summed E-state index contributed by atoms with van der Waals surface area (Å²) in [6.45, 7) is 8.44. The lowest BCUT2D eigenvalue weighted by Gasteiger charge is -2.23. The fourth-order valence-electron chi connectivity index (χ4n) is 1.60. The Morgan fingerprint density at radius 2 is 2.11 bits per heavy atom. The summed E-state index contributed by atoms with van der Waals surface area (Å²) >= 11 is 3.49. The first-order valence-corrected chi connectivity index (χ1v) is 7.26. The third-order valence-corrected chi connectivity index (χ3v) is 4.09. The van der Waals surface area contributed by atoms with Crippen molar-refractivity contribution < 1.29 is 9.53 Å². The second kappa shape index (κ2) is 7.06. The van der Waals surface area contributed by atoms with Crippen molar-refractivity contribution in [2.24, 2.45) is 5.41 Å². The summed E-state index contributed by atoms with van der Waals surface area (Å²) < 4.78 is 5.62. The molecule has 0 aliphatic heterocycles. The Morgan fingerprint density at radius 1 is 1.42 bits per heavy atom. The molecule has 0 heterocycles. The van der Waals surface area contributed by atoms with Crippen LogP contribution < -0.4 is 5.32 Å². The van der Waals surface area contributed by atoms with Crippen LogP contribution in [-0.4, -0.2) is 19.6 Å². The predicted octanol–water partition coefficient (Wildman–Crippen LogP) is 3.76. The number of hydrogen-bond donors (Lipinski definition) is 1. The van der Waals surface area contributed by atoms with E-state index in [4.69, 9.17) is 4.74 Å². The highest BCUT2D eigenvalue weighted by atomic mass is 79.9. The highest BCUT2D eigenvalue weighted by Crippen LogP contribution is 2.21. The van der Waals surface area contributed by atoms with E-state index in [1.807, 2.05) is 6.07 Å². The van der Waals surface area contributed by atoms with E-state index in [0.29, 0.717) is 11.0 Å². The van der Waals surface area contributed by atoms with Gasteiger partial charge in [-0.3, -0.25) is 0 Å². The number of nitrogens with one attached hydrogen (secondary N) is 1. The maximum Gasteiger partial charge on any atom is 0.337 e. The molecule has 0 aliphatic rings. The van der Waals surface area contributed by atoms with Gasteiger partial charge in [-0.1, -0.05) is 42.8 Å². The average Bonchev–Trinajstić information content (AvgIpc) is 2.39. The van der Waals surface area contributed by atoms with Crippen LogP contribution in [0.2, 0.25) is 0 Å². The van der Waals surface area contributed by atoms with Crippen LogP contribution in [-0.2, 0) is 11.3 Å². The monoisotopic (exact) mass is 327 g/mol. The van der Waals surface area contributed by atoms with Gasteiger partial charge in [0.15, 0.2) is 0 Å². The topological polar surface area (TPSA) is 38.3 Å². The predicted molar refractivity (Wildman–Crippen MR) is 81.3 cm³/mol. The Bertz CT molecular complexity index is 444. The van der Waals surface area contributed by atoms with Crippen LogP contribution in [0.15, 0.2) is 22.7 Å². The molecule has 1 N–H and O–H groups in total. The van der Waals surface area contributed by atoms with Crippen LogP contribution in [0, 0.1) is 5.41 Å². The number of hydrogen-bond acceptors (Lipinski definition) is 3. The summed E-state index contributed by atoms with van der Waals surface area (Å²) in [5, 5.41) is 3.45. The Balaban J connectivity index is 2.63. The van der Waals surface area contributed by atoms with Gasteiger partial charge in [0, 0.05) is 17.6 Å². The van der Waals surface area contributed by atoms with Crippen LogP contribution in [0.5, 0.6) is 0 Å². The van der Waals surface area contributed by atoms with Gasteiger partial charge in [0.05, 0.1) is 12.7 Å². The van der Waals surface area contributed by atoms with Crippen molar-refractivity contribution >= 4 is 21.9 Å². The summed E-state index contributed by atoms with van der Waals surface area (Å²) in [6, 6.07) is 5.54. The second-order valence-corrected chi connectivity index (χ2v) is 6.27. The van der Waals surface area contributed by atoms with E-state index in [-0.39, 0.29) is 5.97 Å². The second-order valence-electron chi connectivity index (χ2n) is 5.42. The molecule has 0 amide bonds. The van der Waals surface area contributed by atoms with Crippen LogP contribution in [0.4, 0.5) is 0 Å². The molecule has 0 unspecified atom stereocenters. The molecule has 1 rings (SSSR count). The molecular formula is C15H22BrNO2. The summed E-state index contributed by atoms with van der Waals surface area (Å²) in [5.41, 5.74) is 2.00. The molecule has 0 radical (unpaired) electrons. The SMILES string of the molecule is CCC(C)(C)CNCc1ccc(C(=O)OC)cc1Br. The van der Waals surface area contributed by atoms with Crippen LogP contribution in [0.3, 0.4) is 0 Å². The number of methoxy groups -OCH3 is 1. The number of carbonyl (C=O) groups excluding carboxylic acids is 1. The van der Waals surface area contributed by atoms with E-state index in [1.165, 1.54) is 7.11 Å². The highest BCUT2D eigenvalue weighted by molar-refractivity contribution is 9.10. The molecule has 0 saturated carbocycles. The van der Waals surface area contributed by atoms with E-state index >= 15 is 0 Å². The van der Waals surface area contributed by atoms with Gasteiger partial charge in [-0.2, -0.15) is 0 Å². The quantitative estimate of drug-likeness (QED) is 0.808. The summed E-state index contributed by atoms with van der Waals surface area (Å²) in [7, 11) is 1.39. The third-order valence-electron chi connectivity index (χ3n) is 3.35. The van der Waals surface area contributed by atoms with Gasteiger partial charge in [-0.05, 0) is 29.5 Å². The smallest absolute Gasteiger partial charge is 0.337 e. The van der Waals surface area contributed by atoms with Crippen LogP contribution in [0.25, 0.3) is 0 Å². The molecule has 0 atom stereocenters. The molecule has 0 saturated heterocycles. The maximum absolute atomic E-state index is 11.4. The lowest BCUT2D eigenvalue weighted by molar-refractivity contribution is 0.0600. The third kappa shape index (κ3) is 4.96. The molecule has 0 spiro atoms. The minimum absolute atomic E-state index is 0.304. The zero-order chi connectivity index (χ0) is 14.5. The van der Waals surface area contributed by atoms with Crippen LogP contribution >= 0.6 is 15.9 Å². The Labute approximate surface area is 123 Å². The van der Waals surface area contributed by atoms with Gasteiger partial charge in [0.25, 0.3) is 0 Å². The normalized spacial score (nSPS) is 11.4. The lowest BCUT2D eigenvalue weighted by atomic mass is 9.90. The molecule has 3 nitrogen and oxygen atoms in total. The fourth-order valence-corrected chi connectivity index (χ4v) is 2.12. The minimum atomic E-state index is -0.313. The molecule has 1 aromatic rings. The standard InChI is InChI=1S/C15H22BrNO2/c1-5-15(2,3)10-17-9-12-7-6-11(8-13(12)16)14(18)19-4/h6-8,17H,5,9-10H2,1-4H3. The zero-order valence-corrected chi connectivity index (χ0v) is 13.6. The van der Waals surface area contributed by atoms with E-state index in [2.05, 4.69) is 42.0 Å². The Morgan fingerprint density at radius 3 is 2.63 bits per heavy atom. The first kappa shape index (κ1) is 16.2. The van der Waals surface area contributed by atoms with E-state index in [9.17, 15) is 4.79 Å². The molecule has 1 aromatic carbocycles. The molecule has 0 aliphatic carbocycles. The van der Waals surface area contributed by atoms with Gasteiger partial charge in [0.1, 0.15) is 0 Å². The Kier molecular flexibility index (Phi) is 6.01. The van der Waals surface area contributed by atoms with Gasteiger partial charge in [-0.15, -0.1) is 0 Å². The largest absolute Gasteiger partial charge is 0.465 e. The number of esters is 1. The number of carbonyl (C=O) groups is 1. The minimum Gasteiger partial charge on any atom is -0.465 e. The Hall–Kier alpha value is -0.870. The fraction of sp³-hybridized carbons (Fsp3) is 0.533. The number of halogens is 1. The van der Waals surface area contributed by atoms with E-state index in [0.717, 1.165) is 29.5 Å². The van der Waals surface area contributed by atoms with Crippen molar-refractivity contribution in [1.82, 2.24) is 5.32 Å². The van der Waals surface area contributed by atoms with Gasteiger partial charge >= 0.3 is 5.97 Å². The van der Waals surface area contributed by atoms with Crippen molar-refractivity contribution in [3.05, 3.63) is 33.8 Å². The first-order chi connectivity index (χ1) is 8.89. The molecule has 0 fully saturated rings. The van der Waals surface area contributed by atoms with Crippen molar-refractivity contribution in [3.63, 3.8) is 0 Å². The molecule has 19 heavy (non-hydrogen) atoms. The van der Waals surface area contributed by atoms with E-state index in [1.54, 1.807) is 12.1 Å². The number of rotatable bonds is 6. The summed E-state index contributed by atoms with van der Waals surface area (Å²) in [6.07, 6.45) is 1.14. The van der Waals surface area contributed by atoms with Gasteiger partial charge in [-0.25, -0.2) is 4.79 Å². The van der Waals surface area contributed by atoms with Crippen molar-refractivity contribution in [2.75, 3.05) is 13.7 Å². The zero-order valence-electron chi connectivity index (χ0n) is 12.0. The van der Waals surface area contributed by atoms with Crippen molar-refractivity contribution in [2.45, 2.75) is 33.7 Å². The van der Waals surface area contributed by atoms with Crippen molar-refractivity contribution in [1.29, 1.82) is 0 Å². The summed E-state index contributed by atoms with van der Waals surface area (Å²) in [5.74, 6) is -0.313. The maximum atomic E-state index is 11.4. The van der Waals surface area contributed by atoms with E-state index < -0.39 is 0 Å². The number of benzene rings is 1. The summed E-state index contributed by atoms with van der Waals surface area (Å²) in [4.78, 5) is 11.4. The first-order valence-electron chi connectivity index (χ1n) is 6.47. The average molecular weight is 328 g/mol. The van der Waals surface area contributed by atoms with Gasteiger partial charge in [0.2, 0.25) is 0 Å². The molecule has 4 heteroatoms. The lowest BCUT2D eigenvalue weighted by Crippen LogP contribution is -2.28. The van der Waals surface area contributed by atoms with Gasteiger partial charge < -0.3 is 10.1 Å². The molecule has 0 bridgehead atoms. The number of ether oxygens (including phenoxy) is 1. The molecular weight excluding hydrogens is 306 g/mol. The molecule has 106 valence electrons. The van der Waals surface area contributed by atoms with Crippen LogP contribution in [0.1, 0.15) is 43.1 Å².